The van der Waals surface area contributed by atoms with Crippen molar-refractivity contribution in [1.82, 2.24) is 4.57 Å². The molecule has 0 fully saturated rings. The first-order chi connectivity index (χ1) is 14.1. The number of aromatic nitrogens is 1. The van der Waals surface area contributed by atoms with Gasteiger partial charge in [-0.25, -0.2) is 0 Å². The van der Waals surface area contributed by atoms with E-state index in [0.29, 0.717) is 5.75 Å². The van der Waals surface area contributed by atoms with E-state index in [-0.39, 0.29) is 5.91 Å². The van der Waals surface area contributed by atoms with Crippen molar-refractivity contribution in [3.8, 4) is 0 Å². The zero-order valence-corrected chi connectivity index (χ0v) is 18.5. The van der Waals surface area contributed by atoms with Gasteiger partial charge in [0.05, 0.1) is 5.75 Å². The van der Waals surface area contributed by atoms with Gasteiger partial charge < -0.3 is 9.88 Å². The Hall–Kier alpha value is -2.50. The largest absolute Gasteiger partial charge is 0.342 e. The van der Waals surface area contributed by atoms with E-state index in [1.54, 1.807) is 11.8 Å². The van der Waals surface area contributed by atoms with Crippen molar-refractivity contribution in [3.63, 3.8) is 0 Å². The summed E-state index contributed by atoms with van der Waals surface area (Å²) < 4.78 is 3.26. The molecule has 0 unspecified atom stereocenters. The predicted octanol–water partition coefficient (Wildman–Crippen LogP) is 6.49. The molecule has 1 N–H and O–H groups in total. The van der Waals surface area contributed by atoms with Crippen LogP contribution in [0.4, 0.5) is 5.69 Å². The minimum Gasteiger partial charge on any atom is -0.342 e. The van der Waals surface area contributed by atoms with Crippen LogP contribution in [0.2, 0.25) is 0 Å². The summed E-state index contributed by atoms with van der Waals surface area (Å²) in [6.07, 6.45) is 2.16. The van der Waals surface area contributed by atoms with Crippen molar-refractivity contribution in [2.24, 2.45) is 0 Å². The number of nitrogens with one attached hydrogen (secondary N) is 1. The number of amides is 1. The lowest BCUT2D eigenvalue weighted by molar-refractivity contribution is -0.113. The second-order valence-corrected chi connectivity index (χ2v) is 8.84. The number of thioether (sulfide) groups is 1. The Kier molecular flexibility index (Phi) is 6.07. The number of aryl methyl sites for hydroxylation is 1. The molecule has 29 heavy (non-hydrogen) atoms. The van der Waals surface area contributed by atoms with Crippen LogP contribution in [0.5, 0.6) is 0 Å². The van der Waals surface area contributed by atoms with Crippen molar-refractivity contribution in [2.75, 3.05) is 11.1 Å². The summed E-state index contributed by atoms with van der Waals surface area (Å²) in [6, 6.07) is 24.4. The lowest BCUT2D eigenvalue weighted by atomic mass is 10.1. The molecule has 4 aromatic rings. The quantitative estimate of drug-likeness (QED) is 0.330. The molecule has 0 aliphatic rings. The summed E-state index contributed by atoms with van der Waals surface area (Å²) in [4.78, 5) is 13.5. The van der Waals surface area contributed by atoms with E-state index in [2.05, 4.69) is 81.4 Å². The number of fused-ring (bicyclic) bond motifs is 1. The molecule has 1 amide bonds. The minimum atomic E-state index is -0.00643. The zero-order chi connectivity index (χ0) is 20.2. The molecule has 4 rings (SSSR count). The number of hydrogen-bond acceptors (Lipinski definition) is 2. The monoisotopic (exact) mass is 464 g/mol. The van der Waals surface area contributed by atoms with Crippen LogP contribution in [-0.4, -0.2) is 16.2 Å². The van der Waals surface area contributed by atoms with Crippen LogP contribution < -0.4 is 5.32 Å². The zero-order valence-electron chi connectivity index (χ0n) is 16.1. The number of halogens is 1. The molecular formula is C24H21BrN2OS. The van der Waals surface area contributed by atoms with E-state index >= 15 is 0 Å². The molecule has 146 valence electrons. The number of carbonyl (C=O) groups excluding carboxylic acids is 1. The minimum absolute atomic E-state index is 0.00643. The molecule has 0 saturated heterocycles. The van der Waals surface area contributed by atoms with Gasteiger partial charge in [-0.3, -0.25) is 4.79 Å². The number of hydrogen-bond donors (Lipinski definition) is 1. The molecule has 0 radical (unpaired) electrons. The third-order valence-corrected chi connectivity index (χ3v) is 6.41. The van der Waals surface area contributed by atoms with Crippen LogP contribution in [0.15, 0.2) is 88.4 Å². The molecule has 1 aromatic heterocycles. The van der Waals surface area contributed by atoms with Gasteiger partial charge in [-0.15, -0.1) is 11.8 Å². The molecule has 3 nitrogen and oxygen atoms in total. The van der Waals surface area contributed by atoms with E-state index in [0.717, 1.165) is 21.6 Å². The van der Waals surface area contributed by atoms with Gasteiger partial charge in [0.15, 0.2) is 0 Å². The highest BCUT2D eigenvalue weighted by molar-refractivity contribution is 9.10. The van der Waals surface area contributed by atoms with E-state index < -0.39 is 0 Å². The summed E-state index contributed by atoms with van der Waals surface area (Å²) >= 11 is 4.98. The van der Waals surface area contributed by atoms with E-state index in [9.17, 15) is 4.79 Å². The molecule has 0 aliphatic heterocycles. The van der Waals surface area contributed by atoms with Gasteiger partial charge in [0.2, 0.25) is 5.91 Å². The van der Waals surface area contributed by atoms with Gasteiger partial charge in [0.25, 0.3) is 0 Å². The van der Waals surface area contributed by atoms with Crippen LogP contribution in [0, 0.1) is 6.92 Å². The molecular weight excluding hydrogens is 444 g/mol. The predicted molar refractivity (Wildman–Crippen MR) is 126 cm³/mol. The first-order valence-corrected chi connectivity index (χ1v) is 11.2. The van der Waals surface area contributed by atoms with Crippen molar-refractivity contribution in [3.05, 3.63) is 94.6 Å². The van der Waals surface area contributed by atoms with Gasteiger partial charge in [-0.05, 0) is 48.4 Å². The van der Waals surface area contributed by atoms with Gasteiger partial charge in [0.1, 0.15) is 0 Å². The van der Waals surface area contributed by atoms with Crippen molar-refractivity contribution in [1.29, 1.82) is 0 Å². The van der Waals surface area contributed by atoms with E-state index in [4.69, 9.17) is 0 Å². The smallest absolute Gasteiger partial charge is 0.234 e. The van der Waals surface area contributed by atoms with Crippen LogP contribution in [0.3, 0.4) is 0 Å². The summed E-state index contributed by atoms with van der Waals surface area (Å²) in [6.45, 7) is 2.96. The maximum absolute atomic E-state index is 12.4. The Balaban J connectivity index is 1.51. The SMILES string of the molecule is Cc1ccccc1Cn1cc(SCC(=O)Nc2ccc(Br)cc2)c2ccccc21. The lowest BCUT2D eigenvalue weighted by Crippen LogP contribution is -2.13. The number of anilines is 1. The molecule has 1 heterocycles. The van der Waals surface area contributed by atoms with Gasteiger partial charge >= 0.3 is 0 Å². The molecule has 0 spiro atoms. The highest BCUT2D eigenvalue weighted by atomic mass is 79.9. The molecule has 0 aliphatic carbocycles. The third kappa shape index (κ3) is 4.74. The number of nitrogens with zero attached hydrogens (tertiary/aromatic N) is 1. The Morgan fingerprint density at radius 2 is 1.72 bits per heavy atom. The third-order valence-electron chi connectivity index (χ3n) is 4.84. The average molecular weight is 465 g/mol. The topological polar surface area (TPSA) is 34.0 Å². The van der Waals surface area contributed by atoms with Crippen molar-refractivity contribution < 1.29 is 4.79 Å². The van der Waals surface area contributed by atoms with Crippen LogP contribution in [0.25, 0.3) is 10.9 Å². The Bertz CT molecular complexity index is 1150. The van der Waals surface area contributed by atoms with E-state index in [1.165, 1.54) is 22.0 Å². The second-order valence-electron chi connectivity index (χ2n) is 6.91. The fraction of sp³-hybridized carbons (Fsp3) is 0.125. The van der Waals surface area contributed by atoms with Crippen molar-refractivity contribution >= 4 is 50.2 Å². The Morgan fingerprint density at radius 1 is 1.00 bits per heavy atom. The maximum atomic E-state index is 12.4. The fourth-order valence-corrected chi connectivity index (χ4v) is 4.46. The summed E-state index contributed by atoms with van der Waals surface area (Å²) in [5.74, 6) is 0.363. The van der Waals surface area contributed by atoms with Crippen LogP contribution >= 0.6 is 27.7 Å². The van der Waals surface area contributed by atoms with Gasteiger partial charge in [0, 0.05) is 38.7 Å². The molecule has 0 atom stereocenters. The standard InChI is InChI=1S/C24H21BrN2OS/c1-17-6-2-3-7-18(17)14-27-15-23(21-8-4-5-9-22(21)27)29-16-24(28)26-20-12-10-19(25)11-13-20/h2-13,15H,14,16H2,1H3,(H,26,28). The number of rotatable bonds is 6. The molecule has 3 aromatic carbocycles. The Labute approximate surface area is 183 Å². The molecule has 0 bridgehead atoms. The maximum Gasteiger partial charge on any atom is 0.234 e. The number of carbonyl (C=O) groups is 1. The highest BCUT2D eigenvalue weighted by Crippen LogP contribution is 2.31. The lowest BCUT2D eigenvalue weighted by Gasteiger charge is -2.08. The first kappa shape index (κ1) is 19.8. The van der Waals surface area contributed by atoms with Crippen LogP contribution in [-0.2, 0) is 11.3 Å². The van der Waals surface area contributed by atoms with Crippen molar-refractivity contribution in [2.45, 2.75) is 18.4 Å². The molecule has 0 saturated carbocycles. The highest BCUT2D eigenvalue weighted by Gasteiger charge is 2.12. The molecule has 5 heteroatoms. The van der Waals surface area contributed by atoms with Crippen LogP contribution in [0.1, 0.15) is 11.1 Å². The average Bonchev–Trinajstić information content (AvgIpc) is 3.08. The summed E-state index contributed by atoms with van der Waals surface area (Å²) in [5, 5.41) is 4.14. The van der Waals surface area contributed by atoms with Gasteiger partial charge in [-0.1, -0.05) is 58.4 Å². The number of benzene rings is 3. The van der Waals surface area contributed by atoms with Gasteiger partial charge in [-0.2, -0.15) is 0 Å². The first-order valence-electron chi connectivity index (χ1n) is 9.41. The van der Waals surface area contributed by atoms with E-state index in [1.807, 2.05) is 30.3 Å². The second kappa shape index (κ2) is 8.89. The summed E-state index contributed by atoms with van der Waals surface area (Å²) in [5.41, 5.74) is 4.58. The fourth-order valence-electron chi connectivity index (χ4n) is 3.30. The number of para-hydroxylation sites is 1. The summed E-state index contributed by atoms with van der Waals surface area (Å²) in [7, 11) is 0. The normalized spacial score (nSPS) is 11.0. The Morgan fingerprint density at radius 3 is 2.52 bits per heavy atom.